The molecule has 0 saturated carbocycles. The molecule has 1 aromatic heterocycles. The summed E-state index contributed by atoms with van der Waals surface area (Å²) in [5, 5.41) is 0. The van der Waals surface area contributed by atoms with E-state index < -0.39 is 0 Å². The molecule has 0 bridgehead atoms. The molecule has 0 fully saturated rings. The maximum Gasteiger partial charge on any atom is 0.181 e. The van der Waals surface area contributed by atoms with E-state index in [9.17, 15) is 4.39 Å². The van der Waals surface area contributed by atoms with Gasteiger partial charge in [-0.15, -0.1) is 0 Å². The summed E-state index contributed by atoms with van der Waals surface area (Å²) >= 11 is 0. The Kier molecular flexibility index (Phi) is 4.09. The molecule has 1 aromatic carbocycles. The highest BCUT2D eigenvalue weighted by Gasteiger charge is 2.02. The summed E-state index contributed by atoms with van der Waals surface area (Å²) in [5.41, 5.74) is 7.43. The number of rotatable bonds is 5. The molecule has 2 aromatic rings. The molecular formula is C13H13FN2O2. The Labute approximate surface area is 104 Å². The molecule has 0 radical (unpaired) electrons. The molecule has 0 aliphatic carbocycles. The Balaban J connectivity index is 2.00. The number of halogens is 1. The van der Waals surface area contributed by atoms with E-state index in [1.165, 1.54) is 6.39 Å². The summed E-state index contributed by atoms with van der Waals surface area (Å²) in [7, 11) is 0. The van der Waals surface area contributed by atoms with E-state index in [-0.39, 0.29) is 13.2 Å². The fraction of sp³-hybridized carbons (Fsp3) is 0.154. The molecule has 5 heteroatoms. The molecule has 2 rings (SSSR count). The Morgan fingerprint density at radius 2 is 2.17 bits per heavy atom. The van der Waals surface area contributed by atoms with Crippen molar-refractivity contribution < 1.29 is 13.5 Å². The van der Waals surface area contributed by atoms with Gasteiger partial charge in [0.2, 0.25) is 0 Å². The van der Waals surface area contributed by atoms with Gasteiger partial charge in [-0.25, -0.2) is 9.37 Å². The van der Waals surface area contributed by atoms with Crippen LogP contribution in [0.1, 0.15) is 0 Å². The van der Waals surface area contributed by atoms with E-state index >= 15 is 0 Å². The molecule has 0 saturated heterocycles. The highest BCUT2D eigenvalue weighted by Crippen LogP contribution is 2.20. The third-order valence-electron chi connectivity index (χ3n) is 2.42. The van der Waals surface area contributed by atoms with Crippen LogP contribution >= 0.6 is 0 Å². The van der Waals surface area contributed by atoms with Gasteiger partial charge in [0.15, 0.2) is 6.39 Å². The Hall–Kier alpha value is -2.14. The maximum atomic E-state index is 12.3. The van der Waals surface area contributed by atoms with Gasteiger partial charge in [-0.3, -0.25) is 0 Å². The average Bonchev–Trinajstić information content (AvgIpc) is 2.94. The van der Waals surface area contributed by atoms with Crippen molar-refractivity contribution in [1.82, 2.24) is 4.98 Å². The number of aromatic nitrogens is 1. The summed E-state index contributed by atoms with van der Waals surface area (Å²) in [6, 6.07) is 7.29. The first-order valence-corrected chi connectivity index (χ1v) is 5.43. The molecule has 18 heavy (non-hydrogen) atoms. The van der Waals surface area contributed by atoms with Crippen molar-refractivity contribution >= 4 is 0 Å². The molecule has 94 valence electrons. The number of hydrogen-bond acceptors (Lipinski definition) is 4. The first-order valence-electron chi connectivity index (χ1n) is 5.43. The van der Waals surface area contributed by atoms with Crippen molar-refractivity contribution in [3.63, 3.8) is 0 Å². The van der Waals surface area contributed by atoms with Gasteiger partial charge in [-0.1, -0.05) is 0 Å². The van der Waals surface area contributed by atoms with Gasteiger partial charge in [-0.05, 0) is 24.3 Å². The van der Waals surface area contributed by atoms with Crippen molar-refractivity contribution in [3.05, 3.63) is 48.8 Å². The van der Waals surface area contributed by atoms with E-state index in [0.717, 1.165) is 11.3 Å². The first kappa shape index (κ1) is 12.3. The zero-order valence-corrected chi connectivity index (χ0v) is 9.67. The van der Waals surface area contributed by atoms with Gasteiger partial charge in [0.1, 0.15) is 24.3 Å². The summed E-state index contributed by atoms with van der Waals surface area (Å²) in [4.78, 5) is 4.03. The van der Waals surface area contributed by atoms with Crippen LogP contribution in [0, 0.1) is 0 Å². The number of benzene rings is 1. The smallest absolute Gasteiger partial charge is 0.181 e. The van der Waals surface area contributed by atoms with E-state index in [1.807, 2.05) is 12.1 Å². The number of nitrogens with two attached hydrogens (primary N) is 1. The minimum atomic E-state index is 0.146. The Morgan fingerprint density at radius 3 is 2.72 bits per heavy atom. The minimum absolute atomic E-state index is 0.146. The van der Waals surface area contributed by atoms with E-state index in [1.54, 1.807) is 18.4 Å². The lowest BCUT2D eigenvalue weighted by molar-refractivity contribution is 0.347. The van der Waals surface area contributed by atoms with Crippen LogP contribution in [0.25, 0.3) is 11.3 Å². The van der Waals surface area contributed by atoms with Crippen LogP contribution in [0.3, 0.4) is 0 Å². The van der Waals surface area contributed by atoms with Crippen LogP contribution in [-0.4, -0.2) is 18.1 Å². The van der Waals surface area contributed by atoms with E-state index in [0.29, 0.717) is 17.7 Å². The average molecular weight is 248 g/mol. The molecule has 0 aliphatic heterocycles. The van der Waals surface area contributed by atoms with Gasteiger partial charge in [0.25, 0.3) is 0 Å². The van der Waals surface area contributed by atoms with Crippen LogP contribution in [0.4, 0.5) is 4.39 Å². The van der Waals surface area contributed by atoms with Gasteiger partial charge < -0.3 is 14.9 Å². The van der Waals surface area contributed by atoms with Crippen molar-refractivity contribution in [1.29, 1.82) is 0 Å². The lowest BCUT2D eigenvalue weighted by Gasteiger charge is -2.07. The summed E-state index contributed by atoms with van der Waals surface area (Å²) in [5.74, 6) is 0.648. The van der Waals surface area contributed by atoms with E-state index in [2.05, 4.69) is 4.98 Å². The fourth-order valence-electron chi connectivity index (χ4n) is 1.39. The Bertz CT molecular complexity index is 506. The predicted molar refractivity (Wildman–Crippen MR) is 65.7 cm³/mol. The minimum Gasteiger partial charge on any atom is -0.489 e. The number of oxazole rings is 1. The molecule has 0 atom stereocenters. The Morgan fingerprint density at radius 1 is 1.39 bits per heavy atom. The number of hydrogen-bond donors (Lipinski definition) is 1. The predicted octanol–water partition coefficient (Wildman–Crippen LogP) is 2.53. The standard InChI is InChI=1S/C13H13FN2O2/c14-5-10(6-15)7-18-12-3-1-11(2-4-12)13-8-17-9-16-13/h1-5,8-9H,6-7,15H2/b10-5+. The molecule has 4 nitrogen and oxygen atoms in total. The highest BCUT2D eigenvalue weighted by atomic mass is 19.1. The molecule has 0 unspecified atom stereocenters. The monoisotopic (exact) mass is 248 g/mol. The first-order chi connectivity index (χ1) is 8.83. The van der Waals surface area contributed by atoms with Crippen LogP contribution in [0.5, 0.6) is 5.75 Å². The van der Waals surface area contributed by atoms with Crippen molar-refractivity contribution in [2.24, 2.45) is 5.73 Å². The molecule has 0 spiro atoms. The topological polar surface area (TPSA) is 61.3 Å². The molecule has 2 N–H and O–H groups in total. The second-order valence-corrected chi connectivity index (χ2v) is 3.66. The second kappa shape index (κ2) is 5.97. The number of nitrogens with zero attached hydrogens (tertiary/aromatic N) is 1. The summed E-state index contributed by atoms with van der Waals surface area (Å²) < 4.78 is 22.6. The van der Waals surface area contributed by atoms with Crippen molar-refractivity contribution in [2.75, 3.05) is 13.2 Å². The molecule has 0 amide bonds. The third-order valence-corrected chi connectivity index (χ3v) is 2.42. The molecular weight excluding hydrogens is 235 g/mol. The maximum absolute atomic E-state index is 12.3. The zero-order chi connectivity index (χ0) is 12.8. The molecule has 1 heterocycles. The van der Waals surface area contributed by atoms with Gasteiger partial charge in [0.05, 0.1) is 6.33 Å². The lowest BCUT2D eigenvalue weighted by atomic mass is 10.2. The third kappa shape index (κ3) is 2.95. The normalized spacial score (nSPS) is 11.6. The van der Waals surface area contributed by atoms with Gasteiger partial charge in [-0.2, -0.15) is 0 Å². The summed E-state index contributed by atoms with van der Waals surface area (Å²) in [6.45, 7) is 0.295. The van der Waals surface area contributed by atoms with Crippen molar-refractivity contribution in [3.8, 4) is 17.0 Å². The van der Waals surface area contributed by atoms with Crippen LogP contribution in [-0.2, 0) is 0 Å². The van der Waals surface area contributed by atoms with Crippen LogP contribution in [0.15, 0.2) is 53.2 Å². The highest BCUT2D eigenvalue weighted by molar-refractivity contribution is 5.58. The van der Waals surface area contributed by atoms with E-state index in [4.69, 9.17) is 14.9 Å². The zero-order valence-electron chi connectivity index (χ0n) is 9.67. The molecule has 0 aliphatic rings. The fourth-order valence-corrected chi connectivity index (χ4v) is 1.39. The number of ether oxygens (including phenoxy) is 1. The summed E-state index contributed by atoms with van der Waals surface area (Å²) in [6.07, 6.45) is 3.41. The lowest BCUT2D eigenvalue weighted by Crippen LogP contribution is -2.10. The van der Waals surface area contributed by atoms with Crippen LogP contribution < -0.4 is 10.5 Å². The van der Waals surface area contributed by atoms with Crippen molar-refractivity contribution in [2.45, 2.75) is 0 Å². The SMILES string of the molecule is NC/C(=C\F)COc1ccc(-c2cocn2)cc1. The van der Waals surface area contributed by atoms with Gasteiger partial charge in [0, 0.05) is 17.7 Å². The largest absolute Gasteiger partial charge is 0.489 e. The van der Waals surface area contributed by atoms with Crippen LogP contribution in [0.2, 0.25) is 0 Å². The quantitative estimate of drug-likeness (QED) is 0.883. The second-order valence-electron chi connectivity index (χ2n) is 3.66. The van der Waals surface area contributed by atoms with Gasteiger partial charge >= 0.3 is 0 Å².